The molecule has 1 aromatic heterocycles. The number of nitrogen functional groups attached to an aromatic ring is 1. The highest BCUT2D eigenvalue weighted by molar-refractivity contribution is 5.72. The van der Waals surface area contributed by atoms with Gasteiger partial charge >= 0.3 is 0 Å². The molecule has 0 radical (unpaired) electrons. The third kappa shape index (κ3) is 2.64. The van der Waals surface area contributed by atoms with Gasteiger partial charge < -0.3 is 15.0 Å². The minimum Gasteiger partial charge on any atom is -0.494 e. The minimum absolute atomic E-state index is 0.592. The SMILES string of the molecule is CCCCOc1ccc(-c2onc(C)c2N)cc1. The van der Waals surface area contributed by atoms with E-state index in [0.29, 0.717) is 17.1 Å². The highest BCUT2D eigenvalue weighted by Crippen LogP contribution is 2.29. The molecule has 1 aromatic carbocycles. The van der Waals surface area contributed by atoms with Crippen LogP contribution in [0.15, 0.2) is 28.8 Å². The van der Waals surface area contributed by atoms with E-state index >= 15 is 0 Å². The molecule has 0 atom stereocenters. The first kappa shape index (κ1) is 12.5. The molecule has 96 valence electrons. The van der Waals surface area contributed by atoms with E-state index in [4.69, 9.17) is 15.0 Å². The Morgan fingerprint density at radius 3 is 2.56 bits per heavy atom. The van der Waals surface area contributed by atoms with Crippen LogP contribution in [-0.2, 0) is 0 Å². The van der Waals surface area contributed by atoms with Crippen molar-refractivity contribution in [3.05, 3.63) is 30.0 Å². The van der Waals surface area contributed by atoms with E-state index in [1.165, 1.54) is 0 Å². The van der Waals surface area contributed by atoms with Gasteiger partial charge in [0.15, 0.2) is 5.76 Å². The van der Waals surface area contributed by atoms with E-state index in [-0.39, 0.29) is 0 Å². The second kappa shape index (κ2) is 5.58. The predicted octanol–water partition coefficient (Wildman–Crippen LogP) is 3.41. The summed E-state index contributed by atoms with van der Waals surface area (Å²) in [6.07, 6.45) is 2.20. The second-order valence-corrected chi connectivity index (χ2v) is 4.24. The van der Waals surface area contributed by atoms with Crippen LogP contribution in [0.25, 0.3) is 11.3 Å². The van der Waals surface area contributed by atoms with Crippen molar-refractivity contribution in [2.75, 3.05) is 12.3 Å². The van der Waals surface area contributed by atoms with E-state index in [0.717, 1.165) is 30.8 Å². The first-order valence-corrected chi connectivity index (χ1v) is 6.17. The van der Waals surface area contributed by atoms with E-state index in [1.54, 1.807) is 0 Å². The van der Waals surface area contributed by atoms with Gasteiger partial charge in [0.05, 0.1) is 6.61 Å². The monoisotopic (exact) mass is 246 g/mol. The Balaban J connectivity index is 2.10. The molecular formula is C14H18N2O2. The predicted molar refractivity (Wildman–Crippen MR) is 71.5 cm³/mol. The summed E-state index contributed by atoms with van der Waals surface area (Å²) in [5, 5.41) is 3.84. The quantitative estimate of drug-likeness (QED) is 0.821. The van der Waals surface area contributed by atoms with Gasteiger partial charge in [0.2, 0.25) is 0 Å². The Morgan fingerprint density at radius 2 is 2.00 bits per heavy atom. The maximum Gasteiger partial charge on any atom is 0.189 e. The topological polar surface area (TPSA) is 61.3 Å². The van der Waals surface area contributed by atoms with Crippen LogP contribution in [-0.4, -0.2) is 11.8 Å². The molecule has 2 aromatic rings. The number of rotatable bonds is 5. The van der Waals surface area contributed by atoms with Gasteiger partial charge in [0, 0.05) is 5.56 Å². The normalized spacial score (nSPS) is 10.6. The molecule has 0 bridgehead atoms. The van der Waals surface area contributed by atoms with Crippen molar-refractivity contribution in [3.8, 4) is 17.1 Å². The number of aryl methyl sites for hydroxylation is 1. The van der Waals surface area contributed by atoms with Crippen molar-refractivity contribution < 1.29 is 9.26 Å². The molecule has 0 aliphatic rings. The summed E-state index contributed by atoms with van der Waals surface area (Å²) >= 11 is 0. The number of hydrogen-bond acceptors (Lipinski definition) is 4. The zero-order valence-corrected chi connectivity index (χ0v) is 10.8. The molecule has 0 unspecified atom stereocenters. The molecule has 18 heavy (non-hydrogen) atoms. The molecule has 1 heterocycles. The Kier molecular flexibility index (Phi) is 3.87. The Hall–Kier alpha value is -1.97. The third-order valence-electron chi connectivity index (χ3n) is 2.79. The van der Waals surface area contributed by atoms with Crippen LogP contribution in [0, 0.1) is 6.92 Å². The van der Waals surface area contributed by atoms with E-state index < -0.39 is 0 Å². The molecule has 0 saturated carbocycles. The lowest BCUT2D eigenvalue weighted by molar-refractivity contribution is 0.309. The molecule has 0 amide bonds. The summed E-state index contributed by atoms with van der Waals surface area (Å²) in [5.74, 6) is 1.48. The Bertz CT molecular complexity index is 503. The lowest BCUT2D eigenvalue weighted by atomic mass is 10.1. The maximum absolute atomic E-state index is 5.88. The van der Waals surface area contributed by atoms with Crippen molar-refractivity contribution >= 4 is 5.69 Å². The standard InChI is InChI=1S/C14H18N2O2/c1-3-4-9-17-12-7-5-11(6-8-12)14-13(15)10(2)16-18-14/h5-8H,3-4,9,15H2,1-2H3. The Labute approximate surface area is 107 Å². The van der Waals surface area contributed by atoms with Crippen molar-refractivity contribution in [3.63, 3.8) is 0 Å². The smallest absolute Gasteiger partial charge is 0.189 e. The summed E-state index contributed by atoms with van der Waals surface area (Å²) in [5.41, 5.74) is 8.10. The summed E-state index contributed by atoms with van der Waals surface area (Å²) in [4.78, 5) is 0. The molecule has 2 N–H and O–H groups in total. The van der Waals surface area contributed by atoms with Gasteiger partial charge in [-0.15, -0.1) is 0 Å². The summed E-state index contributed by atoms with van der Waals surface area (Å²) < 4.78 is 10.8. The van der Waals surface area contributed by atoms with Crippen LogP contribution in [0.1, 0.15) is 25.5 Å². The number of ether oxygens (including phenoxy) is 1. The first-order valence-electron chi connectivity index (χ1n) is 6.17. The zero-order chi connectivity index (χ0) is 13.0. The van der Waals surface area contributed by atoms with Crippen molar-refractivity contribution in [2.45, 2.75) is 26.7 Å². The fourth-order valence-electron chi connectivity index (χ4n) is 1.62. The van der Waals surface area contributed by atoms with E-state index in [2.05, 4.69) is 12.1 Å². The van der Waals surface area contributed by atoms with Crippen molar-refractivity contribution in [1.29, 1.82) is 0 Å². The fraction of sp³-hybridized carbons (Fsp3) is 0.357. The minimum atomic E-state index is 0.592. The van der Waals surface area contributed by atoms with Gasteiger partial charge in [-0.1, -0.05) is 18.5 Å². The van der Waals surface area contributed by atoms with Crippen LogP contribution in [0.4, 0.5) is 5.69 Å². The van der Waals surface area contributed by atoms with Crippen LogP contribution >= 0.6 is 0 Å². The van der Waals surface area contributed by atoms with Gasteiger partial charge in [0.1, 0.15) is 17.1 Å². The van der Waals surface area contributed by atoms with E-state index in [1.807, 2.05) is 31.2 Å². The number of benzene rings is 1. The number of nitrogens with zero attached hydrogens (tertiary/aromatic N) is 1. The highest BCUT2D eigenvalue weighted by Gasteiger charge is 2.11. The molecule has 0 aliphatic heterocycles. The largest absolute Gasteiger partial charge is 0.494 e. The average molecular weight is 246 g/mol. The molecule has 2 rings (SSSR count). The molecular weight excluding hydrogens is 228 g/mol. The molecule has 0 aliphatic carbocycles. The third-order valence-corrected chi connectivity index (χ3v) is 2.79. The lowest BCUT2D eigenvalue weighted by Crippen LogP contribution is -1.96. The van der Waals surface area contributed by atoms with Gasteiger partial charge in [-0.3, -0.25) is 0 Å². The van der Waals surface area contributed by atoms with Crippen LogP contribution in [0.5, 0.6) is 5.75 Å². The second-order valence-electron chi connectivity index (χ2n) is 4.24. The number of nitrogens with two attached hydrogens (primary N) is 1. The van der Waals surface area contributed by atoms with Gasteiger partial charge in [0.25, 0.3) is 0 Å². The van der Waals surface area contributed by atoms with Gasteiger partial charge in [-0.05, 0) is 37.6 Å². The molecule has 0 fully saturated rings. The molecule has 4 nitrogen and oxygen atoms in total. The summed E-state index contributed by atoms with van der Waals surface area (Å²) in [6, 6.07) is 7.69. The maximum atomic E-state index is 5.88. The van der Waals surface area contributed by atoms with Crippen LogP contribution < -0.4 is 10.5 Å². The molecule has 0 saturated heterocycles. The van der Waals surface area contributed by atoms with Gasteiger partial charge in [-0.25, -0.2) is 0 Å². The summed E-state index contributed by atoms with van der Waals surface area (Å²) in [6.45, 7) is 4.71. The number of anilines is 1. The van der Waals surface area contributed by atoms with Crippen LogP contribution in [0.2, 0.25) is 0 Å². The van der Waals surface area contributed by atoms with Crippen molar-refractivity contribution in [2.24, 2.45) is 0 Å². The fourth-order valence-corrected chi connectivity index (χ4v) is 1.62. The number of unbranched alkanes of at least 4 members (excludes halogenated alkanes) is 1. The average Bonchev–Trinajstić information content (AvgIpc) is 2.72. The number of aromatic nitrogens is 1. The molecule has 4 heteroatoms. The highest BCUT2D eigenvalue weighted by atomic mass is 16.5. The molecule has 0 spiro atoms. The lowest BCUT2D eigenvalue weighted by Gasteiger charge is -2.05. The first-order chi connectivity index (χ1) is 8.72. The number of hydrogen-bond donors (Lipinski definition) is 1. The van der Waals surface area contributed by atoms with Crippen LogP contribution in [0.3, 0.4) is 0 Å². The van der Waals surface area contributed by atoms with E-state index in [9.17, 15) is 0 Å². The van der Waals surface area contributed by atoms with Gasteiger partial charge in [-0.2, -0.15) is 0 Å². The Morgan fingerprint density at radius 1 is 1.28 bits per heavy atom. The van der Waals surface area contributed by atoms with Crippen molar-refractivity contribution in [1.82, 2.24) is 5.16 Å². The summed E-state index contributed by atoms with van der Waals surface area (Å²) in [7, 11) is 0. The zero-order valence-electron chi connectivity index (χ0n) is 10.8.